The van der Waals surface area contributed by atoms with Crippen LogP contribution in [-0.2, 0) is 14.6 Å². The van der Waals surface area contributed by atoms with Gasteiger partial charge in [0.25, 0.3) is 5.91 Å². The number of carbonyl (C=O) groups is 1. The second kappa shape index (κ2) is 8.17. The van der Waals surface area contributed by atoms with Gasteiger partial charge in [-0.1, -0.05) is 18.2 Å². The number of benzene rings is 2. The van der Waals surface area contributed by atoms with E-state index in [1.54, 1.807) is 31.2 Å². The molecule has 1 atom stereocenters. The van der Waals surface area contributed by atoms with Gasteiger partial charge in [0.05, 0.1) is 4.90 Å². The van der Waals surface area contributed by atoms with E-state index in [1.807, 2.05) is 6.07 Å². The first kappa shape index (κ1) is 20.4. The number of aryl methyl sites for hydroxylation is 2. The Balaban J connectivity index is 2.18. The van der Waals surface area contributed by atoms with Crippen LogP contribution in [0.1, 0.15) is 18.1 Å². The summed E-state index contributed by atoms with van der Waals surface area (Å²) >= 11 is 0. The van der Waals surface area contributed by atoms with E-state index in [9.17, 15) is 23.3 Å². The third-order valence-electron chi connectivity index (χ3n) is 3.74. The molecule has 2 rings (SSSR count). The molecule has 0 saturated heterocycles. The van der Waals surface area contributed by atoms with E-state index in [1.165, 1.54) is 26.0 Å². The van der Waals surface area contributed by atoms with Crippen molar-refractivity contribution in [3.63, 3.8) is 0 Å². The van der Waals surface area contributed by atoms with Crippen LogP contribution in [0.5, 0.6) is 5.75 Å². The van der Waals surface area contributed by atoms with E-state index in [0.717, 1.165) is 0 Å². The number of nitrogens with one attached hydrogen (secondary N) is 1. The molecule has 0 bridgehead atoms. The number of rotatable bonds is 7. The molecule has 1 amide bonds. The molecule has 0 saturated carbocycles. The second-order valence-electron chi connectivity index (χ2n) is 6.08. The summed E-state index contributed by atoms with van der Waals surface area (Å²) in [6.07, 6.45) is -0.772. The maximum atomic E-state index is 12.3. The summed E-state index contributed by atoms with van der Waals surface area (Å²) < 4.78 is 29.9. The number of amides is 1. The lowest BCUT2D eigenvalue weighted by Crippen LogP contribution is -2.30. The molecule has 2 aromatic carbocycles. The van der Waals surface area contributed by atoms with Gasteiger partial charge in [0, 0.05) is 10.6 Å². The number of para-hydroxylation sites is 1. The highest BCUT2D eigenvalue weighted by Crippen LogP contribution is 2.26. The molecule has 1 unspecified atom stereocenters. The summed E-state index contributed by atoms with van der Waals surface area (Å²) in [5, 5.41) is 13.3. The number of nitrogens with zero attached hydrogens (tertiary/aromatic N) is 1. The van der Waals surface area contributed by atoms with E-state index in [2.05, 4.69) is 5.32 Å². The first-order valence-corrected chi connectivity index (χ1v) is 9.74. The van der Waals surface area contributed by atoms with Crippen molar-refractivity contribution in [1.29, 1.82) is 0 Å². The Morgan fingerprint density at radius 1 is 1.19 bits per heavy atom. The third kappa shape index (κ3) is 5.27. The molecule has 9 heteroatoms. The number of sulfone groups is 1. The molecular weight excluding hydrogens is 372 g/mol. The van der Waals surface area contributed by atoms with Crippen molar-refractivity contribution in [2.24, 2.45) is 0 Å². The lowest BCUT2D eigenvalue weighted by molar-refractivity contribution is -0.458. The summed E-state index contributed by atoms with van der Waals surface area (Å²) in [5.41, 5.74) is 1.03. The Morgan fingerprint density at radius 3 is 2.26 bits per heavy atom. The van der Waals surface area contributed by atoms with Gasteiger partial charge in [0.2, 0.25) is 9.84 Å². The van der Waals surface area contributed by atoms with Crippen molar-refractivity contribution >= 4 is 21.4 Å². The second-order valence-corrected chi connectivity index (χ2v) is 7.97. The summed E-state index contributed by atoms with van der Waals surface area (Å²) in [6.45, 7) is 4.65. The lowest BCUT2D eigenvalue weighted by atomic mass is 10.1. The fraction of sp³-hybridized carbons (Fsp3) is 0.278. The molecule has 0 heterocycles. The average molecular weight is 392 g/mol. The monoisotopic (exact) mass is 392 g/mol. The van der Waals surface area contributed by atoms with Gasteiger partial charge in [-0.05, 0) is 56.2 Å². The zero-order valence-corrected chi connectivity index (χ0v) is 15.9. The smallest absolute Gasteiger partial charge is 0.305 e. The predicted molar refractivity (Wildman–Crippen MR) is 100 cm³/mol. The molecule has 0 aliphatic rings. The highest BCUT2D eigenvalue weighted by molar-refractivity contribution is 7.91. The maximum Gasteiger partial charge on any atom is 0.305 e. The van der Waals surface area contributed by atoms with Crippen LogP contribution in [0.2, 0.25) is 0 Å². The zero-order valence-electron chi connectivity index (χ0n) is 15.1. The van der Waals surface area contributed by atoms with Gasteiger partial charge >= 0.3 is 5.88 Å². The van der Waals surface area contributed by atoms with Gasteiger partial charge in [0.15, 0.2) is 6.10 Å². The number of anilines is 1. The molecular formula is C18H20N2O6S. The first-order valence-electron chi connectivity index (χ1n) is 8.08. The summed E-state index contributed by atoms with van der Waals surface area (Å²) in [6, 6.07) is 11.8. The first-order chi connectivity index (χ1) is 12.6. The van der Waals surface area contributed by atoms with Crippen LogP contribution < -0.4 is 10.1 Å². The largest absolute Gasteiger partial charge is 0.481 e. The van der Waals surface area contributed by atoms with Crippen LogP contribution in [0.25, 0.3) is 0 Å². The molecule has 1 N–H and O–H groups in total. The van der Waals surface area contributed by atoms with Crippen LogP contribution in [0.4, 0.5) is 5.69 Å². The van der Waals surface area contributed by atoms with Gasteiger partial charge in [-0.15, -0.1) is 0 Å². The van der Waals surface area contributed by atoms with Crippen LogP contribution in [-0.4, -0.2) is 31.2 Å². The molecule has 0 spiro atoms. The van der Waals surface area contributed by atoms with Gasteiger partial charge in [-0.3, -0.25) is 14.9 Å². The topological polar surface area (TPSA) is 116 Å². The highest BCUT2D eigenvalue weighted by Gasteiger charge is 2.26. The van der Waals surface area contributed by atoms with E-state index < -0.39 is 32.6 Å². The summed E-state index contributed by atoms with van der Waals surface area (Å²) in [5.74, 6) is -1.03. The van der Waals surface area contributed by atoms with Crippen LogP contribution in [0, 0.1) is 24.0 Å². The van der Waals surface area contributed by atoms with Gasteiger partial charge in [-0.25, -0.2) is 8.42 Å². The van der Waals surface area contributed by atoms with E-state index in [-0.39, 0.29) is 4.90 Å². The van der Waals surface area contributed by atoms with Gasteiger partial charge in [-0.2, -0.15) is 0 Å². The Bertz CT molecular complexity index is 934. The van der Waals surface area contributed by atoms with Crippen molar-refractivity contribution in [3.8, 4) is 5.75 Å². The standard InChI is InChI=1S/C18H20N2O6S/c1-12-9-15(10-13(2)17(12)27(24,25)11-20(22)23)19-18(21)14(3)26-16-7-5-4-6-8-16/h4-10,14H,11H2,1-3H3,(H,19,21). The minimum atomic E-state index is -4.06. The Hall–Kier alpha value is -2.94. The number of hydrogen-bond acceptors (Lipinski definition) is 6. The lowest BCUT2D eigenvalue weighted by Gasteiger charge is -2.16. The minimum absolute atomic E-state index is 0.0919. The maximum absolute atomic E-state index is 12.3. The molecule has 8 nitrogen and oxygen atoms in total. The van der Waals surface area contributed by atoms with Gasteiger partial charge < -0.3 is 10.1 Å². The van der Waals surface area contributed by atoms with E-state index >= 15 is 0 Å². The molecule has 0 radical (unpaired) electrons. The molecule has 0 aliphatic heterocycles. The molecule has 0 aliphatic carbocycles. The highest BCUT2D eigenvalue weighted by atomic mass is 32.2. The number of carbonyl (C=O) groups excluding carboxylic acids is 1. The van der Waals surface area contributed by atoms with Crippen LogP contribution >= 0.6 is 0 Å². The number of ether oxygens (including phenoxy) is 1. The Labute approximate surface area is 157 Å². The van der Waals surface area contributed by atoms with E-state index in [0.29, 0.717) is 22.6 Å². The fourth-order valence-electron chi connectivity index (χ4n) is 2.72. The van der Waals surface area contributed by atoms with Gasteiger partial charge in [0.1, 0.15) is 5.75 Å². The zero-order chi connectivity index (χ0) is 20.2. The minimum Gasteiger partial charge on any atom is -0.481 e. The van der Waals surface area contributed by atoms with Crippen molar-refractivity contribution in [3.05, 3.63) is 63.7 Å². The predicted octanol–water partition coefficient (Wildman–Crippen LogP) is 2.72. The number of nitro groups is 1. The van der Waals surface area contributed by atoms with Crippen molar-refractivity contribution < 1.29 is 22.9 Å². The van der Waals surface area contributed by atoms with E-state index in [4.69, 9.17) is 4.74 Å². The Kier molecular flexibility index (Phi) is 6.17. The molecule has 0 fully saturated rings. The SMILES string of the molecule is Cc1cc(NC(=O)C(C)Oc2ccccc2)cc(C)c1S(=O)(=O)C[N+](=O)[O-]. The van der Waals surface area contributed by atoms with Crippen molar-refractivity contribution in [2.75, 3.05) is 11.2 Å². The molecule has 2 aromatic rings. The molecule has 27 heavy (non-hydrogen) atoms. The molecule has 0 aromatic heterocycles. The summed E-state index contributed by atoms with van der Waals surface area (Å²) in [4.78, 5) is 22.0. The van der Waals surface area contributed by atoms with Crippen LogP contribution in [0.3, 0.4) is 0 Å². The average Bonchev–Trinajstić information content (AvgIpc) is 2.53. The van der Waals surface area contributed by atoms with Crippen LogP contribution in [0.15, 0.2) is 47.4 Å². The normalized spacial score (nSPS) is 12.3. The third-order valence-corrected chi connectivity index (χ3v) is 5.56. The quantitative estimate of drug-likeness (QED) is 0.572. The fourth-order valence-corrected chi connectivity index (χ4v) is 4.22. The van der Waals surface area contributed by atoms with Crippen molar-refractivity contribution in [2.45, 2.75) is 31.8 Å². The summed E-state index contributed by atoms with van der Waals surface area (Å²) in [7, 11) is -4.06. The Morgan fingerprint density at radius 2 is 1.74 bits per heavy atom. The number of hydrogen-bond donors (Lipinski definition) is 1. The molecule has 144 valence electrons. The van der Waals surface area contributed by atoms with Crippen molar-refractivity contribution in [1.82, 2.24) is 0 Å².